The summed E-state index contributed by atoms with van der Waals surface area (Å²) < 4.78 is 5.69. The second-order valence-electron chi connectivity index (χ2n) is 6.26. The Labute approximate surface area is 127 Å². The number of amides is 1. The van der Waals surface area contributed by atoms with Gasteiger partial charge in [0.2, 0.25) is 5.91 Å². The van der Waals surface area contributed by atoms with Gasteiger partial charge in [-0.05, 0) is 43.4 Å². The smallest absolute Gasteiger partial charge is 0.227 e. The minimum absolute atomic E-state index is 0.0511. The van der Waals surface area contributed by atoms with Gasteiger partial charge in [0, 0.05) is 17.7 Å². The molecule has 1 saturated carbocycles. The van der Waals surface area contributed by atoms with E-state index in [2.05, 4.69) is 19.2 Å². The van der Waals surface area contributed by atoms with Crippen molar-refractivity contribution in [3.8, 4) is 5.75 Å². The molecule has 0 bridgehead atoms. The van der Waals surface area contributed by atoms with E-state index < -0.39 is 0 Å². The molecule has 2 unspecified atom stereocenters. The van der Waals surface area contributed by atoms with Crippen molar-refractivity contribution in [2.24, 2.45) is 23.5 Å². The van der Waals surface area contributed by atoms with Crippen LogP contribution in [-0.4, -0.2) is 19.1 Å². The molecule has 0 heterocycles. The van der Waals surface area contributed by atoms with Crippen LogP contribution in [0.2, 0.25) is 0 Å². The number of ether oxygens (including phenoxy) is 1. The van der Waals surface area contributed by atoms with Gasteiger partial charge < -0.3 is 15.8 Å². The third-order valence-electron chi connectivity index (χ3n) is 3.98. The summed E-state index contributed by atoms with van der Waals surface area (Å²) >= 11 is 0. The molecular formula is C17H26N2O2. The molecule has 4 heteroatoms. The van der Waals surface area contributed by atoms with E-state index in [1.807, 2.05) is 24.3 Å². The van der Waals surface area contributed by atoms with Crippen LogP contribution >= 0.6 is 0 Å². The zero-order valence-corrected chi connectivity index (χ0v) is 13.0. The van der Waals surface area contributed by atoms with E-state index in [0.29, 0.717) is 25.0 Å². The fourth-order valence-electron chi connectivity index (χ4n) is 2.83. The quantitative estimate of drug-likeness (QED) is 0.846. The zero-order valence-electron chi connectivity index (χ0n) is 13.0. The molecule has 2 atom stereocenters. The van der Waals surface area contributed by atoms with Gasteiger partial charge in [-0.25, -0.2) is 0 Å². The minimum atomic E-state index is 0.0511. The molecule has 0 radical (unpaired) electrons. The molecule has 4 nitrogen and oxygen atoms in total. The number of rotatable bonds is 6. The normalized spacial score (nSPS) is 21.5. The first kappa shape index (κ1) is 15.8. The molecule has 1 fully saturated rings. The van der Waals surface area contributed by atoms with Crippen molar-refractivity contribution in [2.75, 3.05) is 18.5 Å². The van der Waals surface area contributed by atoms with E-state index in [9.17, 15) is 4.79 Å². The van der Waals surface area contributed by atoms with Gasteiger partial charge in [-0.3, -0.25) is 4.79 Å². The summed E-state index contributed by atoms with van der Waals surface area (Å²) in [5, 5.41) is 3.00. The highest BCUT2D eigenvalue weighted by Crippen LogP contribution is 2.32. The highest BCUT2D eigenvalue weighted by Gasteiger charge is 2.31. The molecule has 21 heavy (non-hydrogen) atoms. The van der Waals surface area contributed by atoms with Crippen molar-refractivity contribution in [1.82, 2.24) is 0 Å². The standard InChI is InChI=1S/C17H26N2O2/c1-12(2)11-21-15-7-4-6-14(9-15)19-17(20)16-8-3-5-13(16)10-18/h4,6-7,9,12-13,16H,3,5,8,10-11,18H2,1-2H3,(H,19,20). The Hall–Kier alpha value is -1.55. The summed E-state index contributed by atoms with van der Waals surface area (Å²) in [4.78, 5) is 12.4. The van der Waals surface area contributed by atoms with Gasteiger partial charge in [0.05, 0.1) is 6.61 Å². The monoisotopic (exact) mass is 290 g/mol. The Bertz CT molecular complexity index is 474. The molecule has 1 aliphatic carbocycles. The van der Waals surface area contributed by atoms with Crippen molar-refractivity contribution in [3.63, 3.8) is 0 Å². The number of hydrogen-bond donors (Lipinski definition) is 2. The van der Waals surface area contributed by atoms with Crippen LogP contribution in [0.3, 0.4) is 0 Å². The summed E-state index contributed by atoms with van der Waals surface area (Å²) in [6.45, 7) is 5.49. The van der Waals surface area contributed by atoms with Gasteiger partial charge >= 0.3 is 0 Å². The van der Waals surface area contributed by atoms with Crippen LogP contribution in [0.1, 0.15) is 33.1 Å². The van der Waals surface area contributed by atoms with Crippen LogP contribution in [0.25, 0.3) is 0 Å². The van der Waals surface area contributed by atoms with E-state index in [4.69, 9.17) is 10.5 Å². The van der Waals surface area contributed by atoms with E-state index in [1.165, 1.54) is 0 Å². The van der Waals surface area contributed by atoms with Crippen molar-refractivity contribution >= 4 is 11.6 Å². The van der Waals surface area contributed by atoms with Crippen molar-refractivity contribution in [2.45, 2.75) is 33.1 Å². The first-order valence-electron chi connectivity index (χ1n) is 7.84. The molecule has 2 rings (SSSR count). The second kappa shape index (κ2) is 7.46. The van der Waals surface area contributed by atoms with Gasteiger partial charge in [0.1, 0.15) is 5.75 Å². The Morgan fingerprint density at radius 3 is 2.95 bits per heavy atom. The van der Waals surface area contributed by atoms with Gasteiger partial charge in [0.25, 0.3) is 0 Å². The Balaban J connectivity index is 1.95. The lowest BCUT2D eigenvalue weighted by molar-refractivity contribution is -0.120. The predicted molar refractivity (Wildman–Crippen MR) is 85.3 cm³/mol. The van der Waals surface area contributed by atoms with E-state index in [1.54, 1.807) is 0 Å². The molecule has 1 aromatic rings. The van der Waals surface area contributed by atoms with Gasteiger partial charge in [0.15, 0.2) is 0 Å². The minimum Gasteiger partial charge on any atom is -0.493 e. The Morgan fingerprint density at radius 2 is 2.24 bits per heavy atom. The topological polar surface area (TPSA) is 64.3 Å². The molecule has 116 valence electrons. The number of hydrogen-bond acceptors (Lipinski definition) is 3. The number of nitrogens with two attached hydrogens (primary N) is 1. The van der Waals surface area contributed by atoms with Gasteiger partial charge in [-0.2, -0.15) is 0 Å². The molecule has 1 amide bonds. The zero-order chi connectivity index (χ0) is 15.2. The predicted octanol–water partition coefficient (Wildman–Crippen LogP) is 3.03. The number of benzene rings is 1. The lowest BCUT2D eigenvalue weighted by Crippen LogP contribution is -2.29. The highest BCUT2D eigenvalue weighted by atomic mass is 16.5. The maximum atomic E-state index is 12.4. The lowest BCUT2D eigenvalue weighted by Gasteiger charge is -2.17. The molecular weight excluding hydrogens is 264 g/mol. The average molecular weight is 290 g/mol. The Morgan fingerprint density at radius 1 is 1.43 bits per heavy atom. The second-order valence-corrected chi connectivity index (χ2v) is 6.26. The summed E-state index contributed by atoms with van der Waals surface area (Å²) in [7, 11) is 0. The van der Waals surface area contributed by atoms with E-state index in [-0.39, 0.29) is 11.8 Å². The first-order chi connectivity index (χ1) is 10.1. The third kappa shape index (κ3) is 4.46. The fraction of sp³-hybridized carbons (Fsp3) is 0.588. The van der Waals surface area contributed by atoms with E-state index in [0.717, 1.165) is 30.7 Å². The first-order valence-corrected chi connectivity index (χ1v) is 7.84. The number of carbonyl (C=O) groups is 1. The summed E-state index contributed by atoms with van der Waals surface area (Å²) in [5.41, 5.74) is 6.54. The summed E-state index contributed by atoms with van der Waals surface area (Å²) in [6.07, 6.45) is 3.10. The number of nitrogens with one attached hydrogen (secondary N) is 1. The molecule has 0 spiro atoms. The van der Waals surface area contributed by atoms with Gasteiger partial charge in [-0.15, -0.1) is 0 Å². The van der Waals surface area contributed by atoms with E-state index >= 15 is 0 Å². The van der Waals surface area contributed by atoms with Crippen molar-refractivity contribution in [3.05, 3.63) is 24.3 Å². The summed E-state index contributed by atoms with van der Waals surface area (Å²) in [5.74, 6) is 1.74. The van der Waals surface area contributed by atoms with Crippen LogP contribution in [0.5, 0.6) is 5.75 Å². The molecule has 0 saturated heterocycles. The Kier molecular flexibility index (Phi) is 5.62. The van der Waals surface area contributed by atoms with Crippen LogP contribution in [0, 0.1) is 17.8 Å². The SMILES string of the molecule is CC(C)COc1cccc(NC(=O)C2CCCC2CN)c1. The summed E-state index contributed by atoms with van der Waals surface area (Å²) in [6, 6.07) is 7.59. The van der Waals surface area contributed by atoms with Crippen molar-refractivity contribution < 1.29 is 9.53 Å². The lowest BCUT2D eigenvalue weighted by atomic mass is 9.95. The molecule has 1 aliphatic rings. The largest absolute Gasteiger partial charge is 0.493 e. The third-order valence-corrected chi connectivity index (χ3v) is 3.98. The fourth-order valence-corrected chi connectivity index (χ4v) is 2.83. The molecule has 0 aromatic heterocycles. The maximum Gasteiger partial charge on any atom is 0.227 e. The van der Waals surface area contributed by atoms with Gasteiger partial charge in [-0.1, -0.05) is 26.3 Å². The average Bonchev–Trinajstić information content (AvgIpc) is 2.94. The number of anilines is 1. The molecule has 0 aliphatic heterocycles. The van der Waals surface area contributed by atoms with Crippen LogP contribution in [0.4, 0.5) is 5.69 Å². The molecule has 3 N–H and O–H groups in total. The number of carbonyl (C=O) groups excluding carboxylic acids is 1. The maximum absolute atomic E-state index is 12.4. The van der Waals surface area contributed by atoms with Crippen LogP contribution in [0.15, 0.2) is 24.3 Å². The van der Waals surface area contributed by atoms with Crippen LogP contribution < -0.4 is 15.8 Å². The molecule has 1 aromatic carbocycles. The van der Waals surface area contributed by atoms with Crippen molar-refractivity contribution in [1.29, 1.82) is 0 Å². The van der Waals surface area contributed by atoms with Crippen LogP contribution in [-0.2, 0) is 4.79 Å². The highest BCUT2D eigenvalue weighted by molar-refractivity contribution is 5.93.